The van der Waals surface area contributed by atoms with E-state index in [9.17, 15) is 17.6 Å². The molecule has 3 nitrogen and oxygen atoms in total. The summed E-state index contributed by atoms with van der Waals surface area (Å²) < 4.78 is 60.1. The first-order valence-electron chi connectivity index (χ1n) is 4.55. The van der Waals surface area contributed by atoms with Gasteiger partial charge in [-0.1, -0.05) is 0 Å². The van der Waals surface area contributed by atoms with Crippen molar-refractivity contribution in [2.75, 3.05) is 14.2 Å². The average Bonchev–Trinajstić information content (AvgIpc) is 2.26. The maximum atomic E-state index is 13.4. The molecule has 0 aliphatic carbocycles. The second kappa shape index (κ2) is 4.79. The number of hydrogen-bond donors (Lipinski definition) is 1. The molecule has 0 saturated heterocycles. The molecule has 0 saturated carbocycles. The largest absolute Gasteiger partial charge is 0.493 e. The van der Waals surface area contributed by atoms with Crippen LogP contribution in [-0.2, 0) is 0 Å². The van der Waals surface area contributed by atoms with Gasteiger partial charge in [0.2, 0.25) is 0 Å². The molecule has 0 aliphatic heterocycles. The minimum Gasteiger partial charge on any atom is -0.493 e. The van der Waals surface area contributed by atoms with Crippen molar-refractivity contribution in [2.45, 2.75) is 12.2 Å². The fraction of sp³-hybridized carbons (Fsp3) is 0.400. The van der Waals surface area contributed by atoms with Crippen LogP contribution in [0.15, 0.2) is 12.1 Å². The van der Waals surface area contributed by atoms with E-state index >= 15 is 0 Å². The maximum absolute atomic E-state index is 13.4. The Morgan fingerprint density at radius 3 is 2.00 bits per heavy atom. The van der Waals surface area contributed by atoms with Crippen LogP contribution in [0.2, 0.25) is 0 Å². The Hall–Kier alpha value is -1.50. The predicted octanol–water partition coefficient (Wildman–Crippen LogP) is 2.41. The normalized spacial score (nSPS) is 13.4. The first kappa shape index (κ1) is 13.6. The molecule has 0 amide bonds. The lowest BCUT2D eigenvalue weighted by Crippen LogP contribution is -2.29. The molecule has 0 unspecified atom stereocenters. The molecule has 1 rings (SSSR count). The molecule has 7 heteroatoms. The van der Waals surface area contributed by atoms with Crippen LogP contribution in [0.4, 0.5) is 17.6 Å². The van der Waals surface area contributed by atoms with Crippen molar-refractivity contribution < 1.29 is 27.0 Å². The van der Waals surface area contributed by atoms with Crippen LogP contribution in [0.5, 0.6) is 11.5 Å². The topological polar surface area (TPSA) is 44.5 Å². The third kappa shape index (κ3) is 2.79. The third-order valence-corrected chi connectivity index (χ3v) is 2.19. The van der Waals surface area contributed by atoms with E-state index in [-0.39, 0.29) is 11.5 Å². The van der Waals surface area contributed by atoms with Crippen molar-refractivity contribution >= 4 is 0 Å². The molecule has 0 aromatic heterocycles. The number of rotatable bonds is 3. The van der Waals surface area contributed by atoms with Gasteiger partial charge in [0.05, 0.1) is 14.2 Å². The van der Waals surface area contributed by atoms with Crippen LogP contribution >= 0.6 is 0 Å². The molecule has 0 fully saturated rings. The van der Waals surface area contributed by atoms with Crippen molar-refractivity contribution in [3.8, 4) is 11.5 Å². The van der Waals surface area contributed by atoms with Crippen LogP contribution in [0, 0.1) is 5.82 Å². The van der Waals surface area contributed by atoms with Gasteiger partial charge in [0.1, 0.15) is 11.9 Å². The van der Waals surface area contributed by atoms with Crippen LogP contribution in [0.25, 0.3) is 0 Å². The zero-order valence-corrected chi connectivity index (χ0v) is 9.14. The lowest BCUT2D eigenvalue weighted by molar-refractivity contribution is -0.149. The molecule has 0 heterocycles. The van der Waals surface area contributed by atoms with Crippen molar-refractivity contribution in [1.29, 1.82) is 0 Å². The number of halogens is 4. The van der Waals surface area contributed by atoms with E-state index in [1.807, 2.05) is 0 Å². The fourth-order valence-corrected chi connectivity index (χ4v) is 1.28. The summed E-state index contributed by atoms with van der Waals surface area (Å²) in [5, 5.41) is 0. The van der Waals surface area contributed by atoms with Gasteiger partial charge in [0.15, 0.2) is 11.5 Å². The number of methoxy groups -OCH3 is 2. The minimum absolute atomic E-state index is 0.00289. The molecule has 17 heavy (non-hydrogen) atoms. The Morgan fingerprint density at radius 2 is 1.59 bits per heavy atom. The van der Waals surface area contributed by atoms with E-state index in [0.717, 1.165) is 12.1 Å². The summed E-state index contributed by atoms with van der Waals surface area (Å²) in [4.78, 5) is 0. The molecular formula is C10H11F4NO2. The fourth-order valence-electron chi connectivity index (χ4n) is 1.28. The molecule has 0 aliphatic rings. The highest BCUT2D eigenvalue weighted by molar-refractivity contribution is 5.44. The molecule has 96 valence electrons. The number of hydrogen-bond acceptors (Lipinski definition) is 3. The van der Waals surface area contributed by atoms with Gasteiger partial charge in [-0.05, 0) is 6.07 Å². The number of nitrogens with two attached hydrogens (primary N) is 1. The van der Waals surface area contributed by atoms with Gasteiger partial charge in [0, 0.05) is 11.6 Å². The molecule has 1 atom stereocenters. The summed E-state index contributed by atoms with van der Waals surface area (Å²) in [5.74, 6) is -1.10. The first-order valence-corrected chi connectivity index (χ1v) is 4.55. The van der Waals surface area contributed by atoms with Crippen molar-refractivity contribution in [3.63, 3.8) is 0 Å². The van der Waals surface area contributed by atoms with Crippen molar-refractivity contribution in [1.82, 2.24) is 0 Å². The Bertz CT molecular complexity index is 406. The van der Waals surface area contributed by atoms with E-state index in [2.05, 4.69) is 0 Å². The van der Waals surface area contributed by atoms with Crippen LogP contribution in [-0.4, -0.2) is 20.4 Å². The highest BCUT2D eigenvalue weighted by Crippen LogP contribution is 2.37. The number of ether oxygens (including phenoxy) is 2. The zero-order chi connectivity index (χ0) is 13.2. The zero-order valence-electron chi connectivity index (χ0n) is 9.14. The summed E-state index contributed by atoms with van der Waals surface area (Å²) >= 11 is 0. The highest BCUT2D eigenvalue weighted by Gasteiger charge is 2.39. The molecule has 2 N–H and O–H groups in total. The Balaban J connectivity index is 3.26. The van der Waals surface area contributed by atoms with E-state index in [1.54, 1.807) is 0 Å². The summed E-state index contributed by atoms with van der Waals surface area (Å²) in [5.41, 5.74) is 4.24. The Kier molecular flexibility index (Phi) is 3.82. The van der Waals surface area contributed by atoms with Crippen LogP contribution in [0.1, 0.15) is 11.6 Å². The average molecular weight is 253 g/mol. The van der Waals surface area contributed by atoms with Crippen LogP contribution < -0.4 is 15.2 Å². The minimum atomic E-state index is -4.72. The van der Waals surface area contributed by atoms with E-state index in [4.69, 9.17) is 15.2 Å². The molecule has 0 bridgehead atoms. The molecular weight excluding hydrogens is 242 g/mol. The maximum Gasteiger partial charge on any atom is 0.407 e. The summed E-state index contributed by atoms with van der Waals surface area (Å²) in [6, 6.07) is -0.714. The van der Waals surface area contributed by atoms with Gasteiger partial charge in [-0.3, -0.25) is 0 Å². The van der Waals surface area contributed by atoms with E-state index in [0.29, 0.717) is 0 Å². The van der Waals surface area contributed by atoms with Gasteiger partial charge in [-0.2, -0.15) is 13.2 Å². The lowest BCUT2D eigenvalue weighted by Gasteiger charge is -2.18. The van der Waals surface area contributed by atoms with Gasteiger partial charge >= 0.3 is 6.18 Å². The Morgan fingerprint density at radius 1 is 1.12 bits per heavy atom. The SMILES string of the molecule is COc1cc(F)c([C@H](N)C(F)(F)F)cc1OC. The Labute approximate surface area is 95.1 Å². The van der Waals surface area contributed by atoms with Gasteiger partial charge in [-0.15, -0.1) is 0 Å². The summed E-state index contributed by atoms with van der Waals surface area (Å²) in [6.07, 6.45) is -4.72. The van der Waals surface area contributed by atoms with Crippen molar-refractivity contribution in [3.05, 3.63) is 23.5 Å². The second-order valence-corrected chi connectivity index (χ2v) is 3.25. The van der Waals surface area contributed by atoms with Crippen LogP contribution in [0.3, 0.4) is 0 Å². The van der Waals surface area contributed by atoms with E-state index in [1.165, 1.54) is 14.2 Å². The molecule has 0 radical (unpaired) electrons. The van der Waals surface area contributed by atoms with E-state index < -0.39 is 23.6 Å². The summed E-state index contributed by atoms with van der Waals surface area (Å²) in [6.45, 7) is 0. The number of benzene rings is 1. The number of alkyl halides is 3. The van der Waals surface area contributed by atoms with Crippen molar-refractivity contribution in [2.24, 2.45) is 5.73 Å². The second-order valence-electron chi connectivity index (χ2n) is 3.25. The summed E-state index contributed by atoms with van der Waals surface area (Å²) in [7, 11) is 2.49. The smallest absolute Gasteiger partial charge is 0.407 e. The predicted molar refractivity (Wildman–Crippen MR) is 52.5 cm³/mol. The highest BCUT2D eigenvalue weighted by atomic mass is 19.4. The molecule has 0 spiro atoms. The molecule has 1 aromatic carbocycles. The molecule has 1 aromatic rings. The van der Waals surface area contributed by atoms with Gasteiger partial charge in [0.25, 0.3) is 0 Å². The van der Waals surface area contributed by atoms with Gasteiger partial charge < -0.3 is 15.2 Å². The lowest BCUT2D eigenvalue weighted by atomic mass is 10.1. The third-order valence-electron chi connectivity index (χ3n) is 2.19. The monoisotopic (exact) mass is 253 g/mol. The quantitative estimate of drug-likeness (QED) is 0.841. The van der Waals surface area contributed by atoms with Gasteiger partial charge in [-0.25, -0.2) is 4.39 Å². The first-order chi connectivity index (χ1) is 7.81. The standard InChI is InChI=1S/C10H11F4NO2/c1-16-7-3-5(9(15)10(12,13)14)6(11)4-8(7)17-2/h3-4,9H,15H2,1-2H3/t9-/m0/s1.